The summed E-state index contributed by atoms with van der Waals surface area (Å²) in [6.45, 7) is 6.90. The molecular formula is C23H26N2O7. The predicted molar refractivity (Wildman–Crippen MR) is 114 cm³/mol. The second kappa shape index (κ2) is 8.94. The van der Waals surface area contributed by atoms with E-state index >= 15 is 0 Å². The minimum absolute atomic E-state index is 0.168. The number of methoxy groups -OCH3 is 1. The summed E-state index contributed by atoms with van der Waals surface area (Å²) in [5.41, 5.74) is 1.75. The van der Waals surface area contributed by atoms with Gasteiger partial charge in [0.15, 0.2) is 5.78 Å². The van der Waals surface area contributed by atoms with Crippen LogP contribution in [0, 0.1) is 22.0 Å². The number of esters is 2. The van der Waals surface area contributed by atoms with Gasteiger partial charge in [0.05, 0.1) is 23.7 Å². The lowest BCUT2D eigenvalue weighted by Gasteiger charge is -2.38. The Bertz CT molecular complexity index is 1050. The molecule has 1 N–H and O–H groups in total. The van der Waals surface area contributed by atoms with Crippen LogP contribution < -0.4 is 5.32 Å². The van der Waals surface area contributed by atoms with Gasteiger partial charge in [-0.15, -0.1) is 0 Å². The quantitative estimate of drug-likeness (QED) is 0.319. The van der Waals surface area contributed by atoms with Crippen LogP contribution in [0.4, 0.5) is 5.69 Å². The largest absolute Gasteiger partial charge is 0.468 e. The number of nitrogens with one attached hydrogen (secondary N) is 1. The van der Waals surface area contributed by atoms with Crippen LogP contribution in [0.15, 0.2) is 46.8 Å². The molecule has 1 aliphatic carbocycles. The molecule has 3 rings (SSSR count). The van der Waals surface area contributed by atoms with Gasteiger partial charge in [0.25, 0.3) is 5.69 Å². The van der Waals surface area contributed by atoms with Gasteiger partial charge in [-0.3, -0.25) is 19.7 Å². The Morgan fingerprint density at radius 3 is 2.56 bits per heavy atom. The lowest BCUT2D eigenvalue weighted by molar-refractivity contribution is -0.384. The average Bonchev–Trinajstić information content (AvgIpc) is 2.71. The van der Waals surface area contributed by atoms with Crippen molar-refractivity contribution in [3.05, 3.63) is 62.5 Å². The highest BCUT2D eigenvalue weighted by Gasteiger charge is 2.47. The monoisotopic (exact) mass is 442 g/mol. The second-order valence-corrected chi connectivity index (χ2v) is 8.34. The number of allylic oxidation sites excluding steroid dienone is 3. The third kappa shape index (κ3) is 4.15. The molecular weight excluding hydrogens is 416 g/mol. The maximum Gasteiger partial charge on any atom is 0.337 e. The van der Waals surface area contributed by atoms with E-state index in [9.17, 15) is 24.5 Å². The fourth-order valence-electron chi connectivity index (χ4n) is 4.38. The maximum atomic E-state index is 13.6. The third-order valence-corrected chi connectivity index (χ3v) is 5.72. The number of benzene rings is 1. The first-order valence-electron chi connectivity index (χ1n) is 10.3. The maximum absolute atomic E-state index is 13.6. The number of carbonyl (C=O) groups excluding carboxylic acids is 3. The summed E-state index contributed by atoms with van der Waals surface area (Å²) in [5, 5.41) is 14.5. The number of nitro groups is 1. The van der Waals surface area contributed by atoms with Gasteiger partial charge in [0.2, 0.25) is 0 Å². The number of carbonyl (C=O) groups is 3. The van der Waals surface area contributed by atoms with Gasteiger partial charge < -0.3 is 14.8 Å². The summed E-state index contributed by atoms with van der Waals surface area (Å²) in [7, 11) is 1.22. The Balaban J connectivity index is 2.22. The summed E-state index contributed by atoms with van der Waals surface area (Å²) < 4.78 is 10.3. The Labute approximate surface area is 185 Å². The standard InChI is InChI=1S/C23H26N2O7/c1-11(2)32-23(28)18-13(4)24-16-9-12(3)17(22(27)31-5)21(26)20(16)19(18)14-7-6-8-15(10-14)25(29)30/h6-8,10-12,17,19,24H,9H2,1-5H3/t12-,17+,19+/m1/s1. The molecule has 9 nitrogen and oxygen atoms in total. The molecule has 1 aromatic carbocycles. The summed E-state index contributed by atoms with van der Waals surface area (Å²) in [6.07, 6.45) is -0.0235. The van der Waals surface area contributed by atoms with E-state index in [4.69, 9.17) is 9.47 Å². The zero-order valence-corrected chi connectivity index (χ0v) is 18.6. The molecule has 0 spiro atoms. The fourth-order valence-corrected chi connectivity index (χ4v) is 4.38. The number of hydrogen-bond donors (Lipinski definition) is 1. The average molecular weight is 442 g/mol. The lowest BCUT2D eigenvalue weighted by Crippen LogP contribution is -2.43. The summed E-state index contributed by atoms with van der Waals surface area (Å²) in [4.78, 5) is 49.9. The van der Waals surface area contributed by atoms with Crippen molar-refractivity contribution in [3.63, 3.8) is 0 Å². The Hall–Kier alpha value is -3.49. The van der Waals surface area contributed by atoms with E-state index in [1.807, 2.05) is 0 Å². The van der Waals surface area contributed by atoms with Gasteiger partial charge in [0.1, 0.15) is 5.92 Å². The minimum atomic E-state index is -1.03. The predicted octanol–water partition coefficient (Wildman–Crippen LogP) is 3.16. The number of nitro benzene ring substituents is 1. The zero-order valence-electron chi connectivity index (χ0n) is 18.6. The number of ether oxygens (including phenoxy) is 2. The van der Waals surface area contributed by atoms with E-state index in [0.29, 0.717) is 23.4 Å². The lowest BCUT2D eigenvalue weighted by atomic mass is 9.69. The van der Waals surface area contributed by atoms with Gasteiger partial charge in [0, 0.05) is 35.0 Å². The van der Waals surface area contributed by atoms with Gasteiger partial charge in [-0.05, 0) is 38.7 Å². The van der Waals surface area contributed by atoms with Crippen LogP contribution in [0.25, 0.3) is 0 Å². The van der Waals surface area contributed by atoms with Crippen LogP contribution in [0.3, 0.4) is 0 Å². The molecule has 0 bridgehead atoms. The van der Waals surface area contributed by atoms with Crippen molar-refractivity contribution in [3.8, 4) is 0 Å². The highest BCUT2D eigenvalue weighted by Crippen LogP contribution is 2.46. The van der Waals surface area contributed by atoms with Gasteiger partial charge in [-0.25, -0.2) is 4.79 Å². The molecule has 0 unspecified atom stereocenters. The second-order valence-electron chi connectivity index (χ2n) is 8.34. The topological polar surface area (TPSA) is 125 Å². The van der Waals surface area contributed by atoms with E-state index in [0.717, 1.165) is 0 Å². The molecule has 0 saturated carbocycles. The normalized spacial score (nSPS) is 22.9. The first kappa shape index (κ1) is 23.2. The zero-order chi connectivity index (χ0) is 23.7. The molecule has 1 aromatic rings. The third-order valence-electron chi connectivity index (χ3n) is 5.72. The molecule has 170 valence electrons. The van der Waals surface area contributed by atoms with E-state index in [-0.39, 0.29) is 22.8 Å². The van der Waals surface area contributed by atoms with Crippen molar-refractivity contribution in [2.75, 3.05) is 7.11 Å². The highest BCUT2D eigenvalue weighted by molar-refractivity contribution is 6.12. The molecule has 0 saturated heterocycles. The van der Waals surface area contributed by atoms with Crippen molar-refractivity contribution in [1.29, 1.82) is 0 Å². The molecule has 2 aliphatic rings. The number of nitrogens with zero attached hydrogens (tertiary/aromatic N) is 1. The molecule has 0 fully saturated rings. The molecule has 32 heavy (non-hydrogen) atoms. The SMILES string of the molecule is COC(=O)[C@@H]1C(=O)C2=C(C[C@H]1C)NC(C)=C(C(=O)OC(C)C)[C@@H]2c1cccc([N+](=O)[O-])c1. The molecule has 1 aliphatic heterocycles. The van der Waals surface area contributed by atoms with E-state index in [1.54, 1.807) is 33.8 Å². The van der Waals surface area contributed by atoms with Crippen molar-refractivity contribution < 1.29 is 28.8 Å². The smallest absolute Gasteiger partial charge is 0.337 e. The van der Waals surface area contributed by atoms with E-state index < -0.39 is 40.6 Å². The molecule has 3 atom stereocenters. The number of non-ortho nitro benzene ring substituents is 1. The molecule has 0 radical (unpaired) electrons. The van der Waals surface area contributed by atoms with Crippen molar-refractivity contribution in [2.24, 2.45) is 11.8 Å². The molecule has 1 heterocycles. The van der Waals surface area contributed by atoms with Crippen molar-refractivity contribution >= 4 is 23.4 Å². The number of dihydropyridines is 1. The van der Waals surface area contributed by atoms with Crippen LogP contribution in [0.5, 0.6) is 0 Å². The van der Waals surface area contributed by atoms with Crippen LogP contribution in [0.2, 0.25) is 0 Å². The van der Waals surface area contributed by atoms with Gasteiger partial charge in [-0.1, -0.05) is 19.1 Å². The Morgan fingerprint density at radius 1 is 1.28 bits per heavy atom. The number of hydrogen-bond acceptors (Lipinski definition) is 8. The number of ketones is 1. The Morgan fingerprint density at radius 2 is 1.97 bits per heavy atom. The van der Waals surface area contributed by atoms with Crippen molar-refractivity contribution in [2.45, 2.75) is 46.1 Å². The molecule has 9 heteroatoms. The number of Topliss-reactive ketones (excluding diaryl/α,β-unsaturated/α-hetero) is 1. The van der Waals surface area contributed by atoms with E-state index in [1.165, 1.54) is 25.3 Å². The Kier molecular flexibility index (Phi) is 6.47. The first-order valence-corrected chi connectivity index (χ1v) is 10.3. The summed E-state index contributed by atoms with van der Waals surface area (Å²) >= 11 is 0. The van der Waals surface area contributed by atoms with Crippen LogP contribution in [-0.2, 0) is 23.9 Å². The highest BCUT2D eigenvalue weighted by atomic mass is 16.6. The molecule has 0 aromatic heterocycles. The van der Waals surface area contributed by atoms with Gasteiger partial charge in [-0.2, -0.15) is 0 Å². The summed E-state index contributed by atoms with van der Waals surface area (Å²) in [6, 6.07) is 5.81. The molecule has 0 amide bonds. The van der Waals surface area contributed by atoms with E-state index in [2.05, 4.69) is 5.32 Å². The minimum Gasteiger partial charge on any atom is -0.468 e. The summed E-state index contributed by atoms with van der Waals surface area (Å²) in [5.74, 6) is -3.99. The van der Waals surface area contributed by atoms with Crippen molar-refractivity contribution in [1.82, 2.24) is 5.32 Å². The van der Waals surface area contributed by atoms with Crippen LogP contribution >= 0.6 is 0 Å². The van der Waals surface area contributed by atoms with Crippen LogP contribution in [0.1, 0.15) is 45.6 Å². The van der Waals surface area contributed by atoms with Gasteiger partial charge >= 0.3 is 11.9 Å². The fraction of sp³-hybridized carbons (Fsp3) is 0.435. The number of rotatable bonds is 5. The van der Waals surface area contributed by atoms with Crippen LogP contribution in [-0.4, -0.2) is 35.9 Å². The first-order chi connectivity index (χ1) is 15.1.